The van der Waals surface area contributed by atoms with Crippen LogP contribution >= 0.6 is 11.6 Å². The van der Waals surface area contributed by atoms with Gasteiger partial charge in [0.25, 0.3) is 5.91 Å². The fourth-order valence-electron chi connectivity index (χ4n) is 2.85. The van der Waals surface area contributed by atoms with Crippen molar-refractivity contribution >= 4 is 23.2 Å². The van der Waals surface area contributed by atoms with E-state index in [4.69, 9.17) is 21.1 Å². The highest BCUT2D eigenvalue weighted by Gasteiger charge is 2.29. The third kappa shape index (κ3) is 3.37. The number of benzene rings is 3. The summed E-state index contributed by atoms with van der Waals surface area (Å²) >= 11 is 6.16. The van der Waals surface area contributed by atoms with E-state index in [1.807, 2.05) is 48.5 Å². The molecule has 0 bridgehead atoms. The van der Waals surface area contributed by atoms with Crippen molar-refractivity contribution in [2.75, 3.05) is 5.32 Å². The van der Waals surface area contributed by atoms with E-state index >= 15 is 0 Å². The van der Waals surface area contributed by atoms with Gasteiger partial charge in [-0.2, -0.15) is 0 Å². The van der Waals surface area contributed by atoms with Crippen molar-refractivity contribution in [2.24, 2.45) is 0 Å². The minimum Gasteiger partial charge on any atom is -0.480 e. The fourth-order valence-corrected chi connectivity index (χ4v) is 3.02. The minimum atomic E-state index is -0.555. The Bertz CT molecular complexity index is 932. The number of para-hydroxylation sites is 4. The number of nitrogens with one attached hydrogen (secondary N) is 1. The largest absolute Gasteiger partial charge is 0.480 e. The molecular weight excluding hydrogens is 350 g/mol. The van der Waals surface area contributed by atoms with Gasteiger partial charge in [-0.25, -0.2) is 0 Å². The number of anilines is 1. The SMILES string of the molecule is O=C(Nc1ccccc1Oc1ccccc1Cl)C1Cc2ccccc2O1. The number of hydrogen-bond donors (Lipinski definition) is 1. The number of fused-ring (bicyclic) bond motifs is 1. The summed E-state index contributed by atoms with van der Waals surface area (Å²) in [7, 11) is 0. The van der Waals surface area contributed by atoms with Gasteiger partial charge < -0.3 is 14.8 Å². The molecule has 5 heteroatoms. The normalized spacial score (nSPS) is 15.0. The molecule has 3 aromatic carbocycles. The summed E-state index contributed by atoms with van der Waals surface area (Å²) < 4.78 is 11.6. The second-order valence-electron chi connectivity index (χ2n) is 5.94. The number of rotatable bonds is 4. The lowest BCUT2D eigenvalue weighted by atomic mass is 10.1. The monoisotopic (exact) mass is 365 g/mol. The van der Waals surface area contributed by atoms with Crippen LogP contribution in [0.4, 0.5) is 5.69 Å². The maximum atomic E-state index is 12.6. The van der Waals surface area contributed by atoms with Crippen molar-refractivity contribution in [3.05, 3.63) is 83.4 Å². The van der Waals surface area contributed by atoms with Crippen molar-refractivity contribution in [3.63, 3.8) is 0 Å². The van der Waals surface area contributed by atoms with Crippen LogP contribution in [0.15, 0.2) is 72.8 Å². The Balaban J connectivity index is 1.51. The van der Waals surface area contributed by atoms with E-state index in [1.165, 1.54) is 0 Å². The van der Waals surface area contributed by atoms with Crippen LogP contribution < -0.4 is 14.8 Å². The van der Waals surface area contributed by atoms with E-state index in [-0.39, 0.29) is 5.91 Å². The molecule has 1 amide bonds. The summed E-state index contributed by atoms with van der Waals surface area (Å²) in [5.41, 5.74) is 1.60. The molecule has 1 atom stereocenters. The molecule has 1 N–H and O–H groups in total. The maximum Gasteiger partial charge on any atom is 0.265 e. The zero-order valence-corrected chi connectivity index (χ0v) is 14.6. The number of amides is 1. The summed E-state index contributed by atoms with van der Waals surface area (Å²) in [6.45, 7) is 0. The van der Waals surface area contributed by atoms with Gasteiger partial charge in [0.05, 0.1) is 10.7 Å². The van der Waals surface area contributed by atoms with E-state index in [0.717, 1.165) is 11.3 Å². The fraction of sp³-hybridized carbons (Fsp3) is 0.0952. The first kappa shape index (κ1) is 16.5. The molecule has 4 rings (SSSR count). The van der Waals surface area contributed by atoms with Crippen molar-refractivity contribution < 1.29 is 14.3 Å². The van der Waals surface area contributed by atoms with Gasteiger partial charge in [-0.05, 0) is 35.9 Å². The Morgan fingerprint density at radius 3 is 2.46 bits per heavy atom. The zero-order valence-electron chi connectivity index (χ0n) is 13.8. The van der Waals surface area contributed by atoms with Crippen LogP contribution in [0.5, 0.6) is 17.2 Å². The Kier molecular flexibility index (Phi) is 4.50. The zero-order chi connectivity index (χ0) is 17.9. The smallest absolute Gasteiger partial charge is 0.265 e. The molecule has 0 aromatic heterocycles. The molecule has 0 saturated carbocycles. The average molecular weight is 366 g/mol. The third-order valence-electron chi connectivity index (χ3n) is 4.14. The van der Waals surface area contributed by atoms with E-state index in [2.05, 4.69) is 5.32 Å². The molecule has 4 nitrogen and oxygen atoms in total. The van der Waals surface area contributed by atoms with Crippen molar-refractivity contribution in [1.82, 2.24) is 0 Å². The first-order chi connectivity index (χ1) is 12.7. The first-order valence-corrected chi connectivity index (χ1v) is 8.65. The molecule has 0 radical (unpaired) electrons. The summed E-state index contributed by atoms with van der Waals surface area (Å²) in [6, 6.07) is 22.1. The minimum absolute atomic E-state index is 0.212. The van der Waals surface area contributed by atoms with Crippen LogP contribution in [0.25, 0.3) is 0 Å². The van der Waals surface area contributed by atoms with Gasteiger partial charge >= 0.3 is 0 Å². The molecule has 0 aliphatic carbocycles. The molecule has 1 aliphatic heterocycles. The van der Waals surface area contributed by atoms with E-state index in [1.54, 1.807) is 24.3 Å². The molecule has 130 valence electrons. The molecule has 1 heterocycles. The Morgan fingerprint density at radius 1 is 0.962 bits per heavy atom. The van der Waals surface area contributed by atoms with Crippen molar-refractivity contribution in [2.45, 2.75) is 12.5 Å². The first-order valence-electron chi connectivity index (χ1n) is 8.27. The second kappa shape index (κ2) is 7.10. The quantitative estimate of drug-likeness (QED) is 0.701. The predicted molar refractivity (Wildman–Crippen MR) is 101 cm³/mol. The summed E-state index contributed by atoms with van der Waals surface area (Å²) in [5.74, 6) is 1.59. The molecule has 1 unspecified atom stereocenters. The molecule has 1 aliphatic rings. The maximum absolute atomic E-state index is 12.6. The molecule has 3 aromatic rings. The molecule has 26 heavy (non-hydrogen) atoms. The second-order valence-corrected chi connectivity index (χ2v) is 6.34. The number of carbonyl (C=O) groups is 1. The van der Waals surface area contributed by atoms with Gasteiger partial charge in [0.2, 0.25) is 0 Å². The van der Waals surface area contributed by atoms with Gasteiger partial charge in [0.15, 0.2) is 11.9 Å². The topological polar surface area (TPSA) is 47.6 Å². The third-order valence-corrected chi connectivity index (χ3v) is 4.45. The number of hydrogen-bond acceptors (Lipinski definition) is 3. The van der Waals surface area contributed by atoms with Gasteiger partial charge in [0.1, 0.15) is 11.5 Å². The van der Waals surface area contributed by atoms with Crippen LogP contribution in [0, 0.1) is 0 Å². The average Bonchev–Trinajstić information content (AvgIpc) is 3.09. The molecule has 0 saturated heterocycles. The Labute approximate surface area is 156 Å². The highest BCUT2D eigenvalue weighted by Crippen LogP contribution is 2.34. The van der Waals surface area contributed by atoms with Gasteiger partial charge in [-0.3, -0.25) is 4.79 Å². The van der Waals surface area contributed by atoms with E-state index in [9.17, 15) is 4.79 Å². The van der Waals surface area contributed by atoms with E-state index in [0.29, 0.717) is 28.6 Å². The summed E-state index contributed by atoms with van der Waals surface area (Å²) in [5, 5.41) is 3.40. The van der Waals surface area contributed by atoms with Crippen molar-refractivity contribution in [1.29, 1.82) is 0 Å². The van der Waals surface area contributed by atoms with E-state index < -0.39 is 6.10 Å². The molecule has 0 spiro atoms. The van der Waals surface area contributed by atoms with Crippen LogP contribution in [-0.4, -0.2) is 12.0 Å². The Hall–Kier alpha value is -2.98. The molecular formula is C21H16ClNO3. The highest BCUT2D eigenvalue weighted by atomic mass is 35.5. The lowest BCUT2D eigenvalue weighted by Crippen LogP contribution is -2.31. The molecule has 0 fully saturated rings. The highest BCUT2D eigenvalue weighted by molar-refractivity contribution is 6.32. The summed E-state index contributed by atoms with van der Waals surface area (Å²) in [6.07, 6.45) is -0.00371. The number of halogens is 1. The van der Waals surface area contributed by atoms with Gasteiger partial charge in [-0.15, -0.1) is 0 Å². The van der Waals surface area contributed by atoms with Crippen LogP contribution in [0.2, 0.25) is 5.02 Å². The van der Waals surface area contributed by atoms with Crippen LogP contribution in [-0.2, 0) is 11.2 Å². The lowest BCUT2D eigenvalue weighted by molar-refractivity contribution is -0.122. The number of carbonyl (C=O) groups excluding carboxylic acids is 1. The number of ether oxygens (including phenoxy) is 2. The predicted octanol–water partition coefficient (Wildman–Crippen LogP) is 5.07. The standard InChI is InChI=1S/C21H16ClNO3/c22-15-8-2-5-11-18(15)26-19-12-6-3-9-16(19)23-21(24)20-13-14-7-1-4-10-17(14)25-20/h1-12,20H,13H2,(H,23,24). The lowest BCUT2D eigenvalue weighted by Gasteiger charge is -2.15. The van der Waals surface area contributed by atoms with Gasteiger partial charge in [0, 0.05) is 6.42 Å². The summed E-state index contributed by atoms with van der Waals surface area (Å²) in [4.78, 5) is 12.6. The van der Waals surface area contributed by atoms with Crippen LogP contribution in [0.3, 0.4) is 0 Å². The van der Waals surface area contributed by atoms with Gasteiger partial charge in [-0.1, -0.05) is 54.1 Å². The Morgan fingerprint density at radius 2 is 1.65 bits per heavy atom. The van der Waals surface area contributed by atoms with Crippen LogP contribution in [0.1, 0.15) is 5.56 Å². The van der Waals surface area contributed by atoms with Crippen molar-refractivity contribution in [3.8, 4) is 17.2 Å².